The Bertz CT molecular complexity index is 3900. The second-order valence-electron chi connectivity index (χ2n) is 18.9. The molecular formula is C67H52N4O. The summed E-state index contributed by atoms with van der Waals surface area (Å²) in [5.74, 6) is 1.20. The van der Waals surface area contributed by atoms with Gasteiger partial charge >= 0.3 is 0 Å². The Morgan fingerprint density at radius 2 is 1.36 bits per heavy atom. The van der Waals surface area contributed by atoms with E-state index in [9.17, 15) is 0 Å². The smallest absolute Gasteiger partial charge is 0.136 e. The van der Waals surface area contributed by atoms with E-state index >= 15 is 0 Å². The number of amidine groups is 1. The van der Waals surface area contributed by atoms with E-state index in [2.05, 4.69) is 211 Å². The lowest BCUT2D eigenvalue weighted by Gasteiger charge is -2.45. The summed E-state index contributed by atoms with van der Waals surface area (Å²) in [5, 5.41) is 3.33. The number of hydrogen-bond donors (Lipinski definition) is 1. The van der Waals surface area contributed by atoms with Crippen molar-refractivity contribution in [1.29, 1.82) is 0 Å². The highest BCUT2D eigenvalue weighted by Crippen LogP contribution is 2.66. The number of rotatable bonds is 8. The minimum absolute atomic E-state index is 0.227. The number of allylic oxidation sites excluding steroid dienone is 2. The molecule has 2 aliphatic heterocycles. The molecular weight excluding hydrogens is 877 g/mol. The maximum absolute atomic E-state index is 7.33. The number of furan rings is 1. The van der Waals surface area contributed by atoms with Crippen molar-refractivity contribution in [3.05, 3.63) is 286 Å². The number of fused-ring (bicyclic) bond motifs is 14. The van der Waals surface area contributed by atoms with Gasteiger partial charge in [-0.25, -0.2) is 4.99 Å². The van der Waals surface area contributed by atoms with Gasteiger partial charge in [0.2, 0.25) is 0 Å². The molecule has 346 valence electrons. The maximum atomic E-state index is 7.33. The van der Waals surface area contributed by atoms with Gasteiger partial charge in [0.1, 0.15) is 22.9 Å². The van der Waals surface area contributed by atoms with Crippen LogP contribution in [0.3, 0.4) is 0 Å². The van der Waals surface area contributed by atoms with Gasteiger partial charge in [-0.3, -0.25) is 4.99 Å². The van der Waals surface area contributed by atoms with Crippen molar-refractivity contribution in [1.82, 2.24) is 0 Å². The van der Waals surface area contributed by atoms with Gasteiger partial charge in [-0.1, -0.05) is 214 Å². The molecule has 1 aromatic heterocycles. The van der Waals surface area contributed by atoms with Crippen LogP contribution in [0.5, 0.6) is 0 Å². The van der Waals surface area contributed by atoms with Crippen molar-refractivity contribution in [3.8, 4) is 11.1 Å². The predicted octanol–water partition coefficient (Wildman–Crippen LogP) is 15.8. The van der Waals surface area contributed by atoms with Gasteiger partial charge in [-0.15, -0.1) is 0 Å². The van der Waals surface area contributed by atoms with E-state index < -0.39 is 5.41 Å². The van der Waals surface area contributed by atoms with Gasteiger partial charge < -0.3 is 15.1 Å². The quantitative estimate of drug-likeness (QED) is 0.122. The Morgan fingerprint density at radius 3 is 2.24 bits per heavy atom. The minimum Gasteiger partial charge on any atom is -0.458 e. The van der Waals surface area contributed by atoms with Crippen molar-refractivity contribution in [2.45, 2.75) is 44.7 Å². The summed E-state index contributed by atoms with van der Waals surface area (Å²) in [6, 6.07) is 74.4. The first-order valence-electron chi connectivity index (χ1n) is 25.3. The maximum Gasteiger partial charge on any atom is 0.136 e. The van der Waals surface area contributed by atoms with Crippen LogP contribution in [0.25, 0.3) is 38.4 Å². The topological polar surface area (TPSA) is 67.1 Å². The Balaban J connectivity index is 0.00000249. The van der Waals surface area contributed by atoms with Crippen molar-refractivity contribution in [2.75, 3.05) is 4.90 Å². The first-order chi connectivity index (χ1) is 35.6. The number of anilines is 2. The van der Waals surface area contributed by atoms with Crippen LogP contribution in [-0.4, -0.2) is 17.6 Å². The Kier molecular flexibility index (Phi) is 10.5. The minimum atomic E-state index is -0.653. The molecule has 5 heteroatoms. The van der Waals surface area contributed by atoms with Gasteiger partial charge in [0.15, 0.2) is 0 Å². The average Bonchev–Trinajstić information content (AvgIpc) is 4.08. The molecule has 0 radical (unpaired) electrons. The molecule has 2 atom stereocenters. The second kappa shape index (κ2) is 17.6. The summed E-state index contributed by atoms with van der Waals surface area (Å²) in [6.45, 7) is 4.54. The fourth-order valence-corrected chi connectivity index (χ4v) is 12.1. The molecule has 3 heterocycles. The largest absolute Gasteiger partial charge is 0.458 e. The van der Waals surface area contributed by atoms with E-state index in [1.165, 1.54) is 55.5 Å². The van der Waals surface area contributed by atoms with Crippen LogP contribution in [0.15, 0.2) is 239 Å². The molecule has 0 amide bonds. The van der Waals surface area contributed by atoms with Crippen LogP contribution in [0.4, 0.5) is 17.1 Å². The number of aliphatic imine (C=N–C) groups is 2. The second-order valence-corrected chi connectivity index (χ2v) is 18.9. The highest BCUT2D eigenvalue weighted by molar-refractivity contribution is 6.18. The van der Waals surface area contributed by atoms with E-state index in [4.69, 9.17) is 20.1 Å². The molecule has 2 unspecified atom stereocenters. The van der Waals surface area contributed by atoms with Crippen molar-refractivity contribution in [2.24, 2.45) is 15.7 Å². The third-order valence-electron chi connectivity index (χ3n) is 15.1. The molecule has 0 fully saturated rings. The van der Waals surface area contributed by atoms with Gasteiger partial charge in [0.25, 0.3) is 0 Å². The fraction of sp³-hybridized carbons (Fsp3) is 0.104. The summed E-state index contributed by atoms with van der Waals surface area (Å²) in [7, 11) is 0. The molecule has 9 aromatic carbocycles. The molecule has 72 heavy (non-hydrogen) atoms. The molecule has 0 bridgehead atoms. The summed E-state index contributed by atoms with van der Waals surface area (Å²) < 4.78 is 6.62. The first-order valence-corrected chi connectivity index (χ1v) is 25.3. The van der Waals surface area contributed by atoms with E-state index in [1.54, 1.807) is 0 Å². The number of para-hydroxylation sites is 3. The molecule has 14 rings (SSSR count). The van der Waals surface area contributed by atoms with E-state index in [0.29, 0.717) is 18.8 Å². The van der Waals surface area contributed by atoms with Crippen LogP contribution in [0.2, 0.25) is 0 Å². The summed E-state index contributed by atoms with van der Waals surface area (Å²) in [5.41, 5.74) is 27.0. The standard InChI is InChI=1S/C65H46N4O.C2H6/c66-64(68-62-49-24-10-14-32-58(49)70-59(62)38-42-33-34-43-19-7-8-22-45(43)37-42)46-35-36-52-51(39-46)60-50(61(44-20-5-2-6-21-44)67-40-41-17-3-1-4-18-41)26-16-28-54(60)65(52)53-27-11-13-31-57(53)69-56-30-12-9-23-47(56)48-25-15-29-55(65)63(48)69;1-2/h1-29,31-37,39,56H,30,38,40H2,(H2,66,68);1-2H3. The highest BCUT2D eigenvalue weighted by Gasteiger charge is 2.55. The van der Waals surface area contributed by atoms with E-state index in [0.717, 1.165) is 73.5 Å². The molecule has 4 aliphatic rings. The van der Waals surface area contributed by atoms with Gasteiger partial charge in [-0.2, -0.15) is 0 Å². The molecule has 0 saturated heterocycles. The highest BCUT2D eigenvalue weighted by atomic mass is 16.3. The summed E-state index contributed by atoms with van der Waals surface area (Å²) in [6.07, 6.45) is 8.39. The molecule has 0 saturated carbocycles. The van der Waals surface area contributed by atoms with Crippen LogP contribution in [-0.2, 0) is 18.4 Å². The number of benzene rings is 9. The zero-order chi connectivity index (χ0) is 48.3. The Hall–Kier alpha value is -8.80. The Morgan fingerprint density at radius 1 is 0.625 bits per heavy atom. The third kappa shape index (κ3) is 6.68. The average molecular weight is 929 g/mol. The van der Waals surface area contributed by atoms with Crippen molar-refractivity contribution < 1.29 is 4.42 Å². The summed E-state index contributed by atoms with van der Waals surface area (Å²) in [4.78, 5) is 13.5. The van der Waals surface area contributed by atoms with Crippen LogP contribution < -0.4 is 10.6 Å². The Labute approximate surface area is 420 Å². The molecule has 2 N–H and O–H groups in total. The number of hydrogen-bond acceptors (Lipinski definition) is 4. The van der Waals surface area contributed by atoms with E-state index in [-0.39, 0.29) is 6.04 Å². The molecule has 10 aromatic rings. The van der Waals surface area contributed by atoms with Gasteiger partial charge in [0, 0.05) is 39.7 Å². The number of nitrogens with two attached hydrogens (primary N) is 1. The van der Waals surface area contributed by atoms with Gasteiger partial charge in [-0.05, 0) is 91.5 Å². The van der Waals surface area contributed by atoms with E-state index in [1.807, 2.05) is 32.0 Å². The van der Waals surface area contributed by atoms with Crippen LogP contribution in [0.1, 0.15) is 81.7 Å². The van der Waals surface area contributed by atoms with Crippen molar-refractivity contribution >= 4 is 55.9 Å². The first kappa shape index (κ1) is 43.2. The van der Waals surface area contributed by atoms with Crippen molar-refractivity contribution in [3.63, 3.8) is 0 Å². The zero-order valence-corrected chi connectivity index (χ0v) is 40.4. The lowest BCUT2D eigenvalue weighted by atomic mass is 9.64. The lowest BCUT2D eigenvalue weighted by Crippen LogP contribution is -2.39. The zero-order valence-electron chi connectivity index (χ0n) is 40.4. The fourth-order valence-electron chi connectivity index (χ4n) is 12.1. The summed E-state index contributed by atoms with van der Waals surface area (Å²) >= 11 is 0. The third-order valence-corrected chi connectivity index (χ3v) is 15.1. The SMILES string of the molecule is CC.NC(=Nc1c(Cc2ccc3ccccc3c2)oc2ccccc12)c1ccc2c(c1)-c1c(C(=NCc3ccccc3)c3ccccc3)cccc1C21c2ccccc2N2c3c(cccc31)C1=CC=CCC12. The molecule has 5 nitrogen and oxygen atoms in total. The molecule has 1 spiro atoms. The monoisotopic (exact) mass is 928 g/mol. The number of nitrogens with zero attached hydrogens (tertiary/aromatic N) is 3. The van der Waals surface area contributed by atoms with Crippen LogP contribution >= 0.6 is 0 Å². The van der Waals surface area contributed by atoms with Gasteiger partial charge in [0.05, 0.1) is 29.4 Å². The lowest BCUT2D eigenvalue weighted by molar-refractivity contribution is 0.564. The normalized spacial score (nSPS) is 16.9. The predicted molar refractivity (Wildman–Crippen MR) is 298 cm³/mol. The van der Waals surface area contributed by atoms with Crippen LogP contribution in [0, 0.1) is 0 Å². The molecule has 2 aliphatic carbocycles.